The minimum absolute atomic E-state index is 0.0962. The number of methoxy groups -OCH3 is 2. The maximum Gasteiger partial charge on any atom is 0.311 e. The van der Waals surface area contributed by atoms with Gasteiger partial charge >= 0.3 is 5.97 Å². The number of esters is 1. The first-order chi connectivity index (χ1) is 34.3. The number of carbonyl (C=O) groups excluding carboxylic acids is 1. The maximum absolute atomic E-state index is 14.8. The lowest BCUT2D eigenvalue weighted by atomic mass is 9.83. The molecule has 3 aliphatic heterocycles. The molecule has 2 aromatic rings. The number of aliphatic hydroxyl groups excluding tert-OH is 3. The topological polar surface area (TPSA) is 220 Å². The Balaban J connectivity index is 1.40. The number of aromatic nitrogens is 3. The average molecular weight is 1040 g/mol. The molecule has 0 bridgehead atoms. The number of halogens is 1. The minimum Gasteiger partial charge on any atom is -0.459 e. The number of likely N-dealkylation sites (N-methyl/N-ethyl adjacent to an activating group) is 2. The summed E-state index contributed by atoms with van der Waals surface area (Å²) in [4.78, 5) is 18.3. The Morgan fingerprint density at radius 1 is 0.945 bits per heavy atom. The van der Waals surface area contributed by atoms with E-state index >= 15 is 0 Å². The third kappa shape index (κ3) is 15.0. The van der Waals surface area contributed by atoms with E-state index in [0.717, 1.165) is 24.8 Å². The number of hydrogen-bond acceptors (Lipinski definition) is 17. The summed E-state index contributed by atoms with van der Waals surface area (Å²) < 4.78 is 60.1. The first-order valence-electron chi connectivity index (χ1n) is 26.7. The van der Waals surface area contributed by atoms with Crippen LogP contribution in [0.2, 0.25) is 0 Å². The van der Waals surface area contributed by atoms with Crippen LogP contribution in [0.1, 0.15) is 143 Å². The van der Waals surface area contributed by atoms with Crippen LogP contribution < -0.4 is 0 Å². The van der Waals surface area contributed by atoms with Crippen molar-refractivity contribution >= 4 is 5.97 Å². The van der Waals surface area contributed by atoms with Gasteiger partial charge in [0, 0.05) is 64.9 Å². The number of benzene rings is 1. The van der Waals surface area contributed by atoms with Crippen LogP contribution in [0.25, 0.3) is 0 Å². The minimum atomic E-state index is -1.84. The van der Waals surface area contributed by atoms with Gasteiger partial charge in [0.05, 0.1) is 47.2 Å². The number of alkyl halides is 1. The summed E-state index contributed by atoms with van der Waals surface area (Å²) in [6.07, 6.45) is -4.54. The van der Waals surface area contributed by atoms with Gasteiger partial charge in [-0.15, -0.1) is 5.10 Å². The van der Waals surface area contributed by atoms with Crippen molar-refractivity contribution in [3.63, 3.8) is 0 Å². The Morgan fingerprint density at radius 3 is 2.25 bits per heavy atom. The predicted octanol–water partition coefficient (Wildman–Crippen LogP) is 5.10. The van der Waals surface area contributed by atoms with Gasteiger partial charge in [-0.1, -0.05) is 56.7 Å². The molecule has 0 spiro atoms. The maximum atomic E-state index is 14.8. The van der Waals surface area contributed by atoms with Gasteiger partial charge in [0.15, 0.2) is 12.6 Å². The average Bonchev–Trinajstić information content (AvgIpc) is 3.82. The number of aliphatic hydroxyl groups is 5. The number of rotatable bonds is 18. The quantitative estimate of drug-likeness (QED) is 0.123. The van der Waals surface area contributed by atoms with Crippen LogP contribution in [0.15, 0.2) is 30.5 Å². The van der Waals surface area contributed by atoms with E-state index in [4.69, 9.17) is 33.2 Å². The molecule has 1 aromatic heterocycles. The van der Waals surface area contributed by atoms with Crippen molar-refractivity contribution in [1.82, 2.24) is 24.8 Å². The van der Waals surface area contributed by atoms with E-state index in [9.17, 15) is 34.7 Å². The monoisotopic (exact) mass is 1040 g/mol. The number of ether oxygens (including phenoxy) is 7. The van der Waals surface area contributed by atoms with Crippen LogP contribution in [-0.2, 0) is 50.8 Å². The van der Waals surface area contributed by atoms with E-state index < -0.39 is 115 Å². The molecule has 0 amide bonds. The summed E-state index contributed by atoms with van der Waals surface area (Å²) in [7, 11) is 6.79. The largest absolute Gasteiger partial charge is 0.459 e. The molecule has 19 atom stereocenters. The zero-order valence-electron chi connectivity index (χ0n) is 46.2. The molecule has 19 heteroatoms. The SMILES string of the molecule is CCCCc1ccc([C@@H](OC)[C@@H](CF)n2cc(CCN(C)[C@H]3C[C@@H](C)O[C@@H](O[C@@H]4C[C@H](O[C@H]5C[C@@](C)(OC)[C@@H](O)[C@H](C)O5)[C@@H](C)C(=O)O[C@H](CC)[C@@](C)(O)[C@H](O)[C@@H](C)N(C)C[C@H](C)C[C@@]4(C)O)[C@@H]3O)nn2)cc1. The summed E-state index contributed by atoms with van der Waals surface area (Å²) in [6, 6.07) is 6.30. The molecule has 0 saturated carbocycles. The van der Waals surface area contributed by atoms with Gasteiger partial charge in [-0.3, -0.25) is 4.79 Å². The Bertz CT molecular complexity index is 1980. The zero-order chi connectivity index (χ0) is 54.2. The highest BCUT2D eigenvalue weighted by Gasteiger charge is 2.51. The summed E-state index contributed by atoms with van der Waals surface area (Å²) in [5, 5.41) is 68.2. The first-order valence-corrected chi connectivity index (χ1v) is 26.7. The van der Waals surface area contributed by atoms with Crippen molar-refractivity contribution in [3.05, 3.63) is 47.3 Å². The van der Waals surface area contributed by atoms with Gasteiger partial charge in [0.1, 0.15) is 48.8 Å². The molecule has 4 heterocycles. The molecule has 3 saturated heterocycles. The van der Waals surface area contributed by atoms with Gasteiger partial charge < -0.3 is 68.5 Å². The second kappa shape index (κ2) is 26.5. The lowest BCUT2D eigenvalue weighted by Gasteiger charge is -2.47. The summed E-state index contributed by atoms with van der Waals surface area (Å²) in [6.45, 7) is 17.9. The lowest BCUT2D eigenvalue weighted by Crippen LogP contribution is -2.59. The normalized spacial score (nSPS) is 38.6. The molecule has 0 unspecified atom stereocenters. The fraction of sp³-hybridized carbons (Fsp3) is 0.833. The second-order valence-corrected chi connectivity index (χ2v) is 22.4. The molecule has 18 nitrogen and oxygen atoms in total. The highest BCUT2D eigenvalue weighted by atomic mass is 19.1. The molecule has 5 N–H and O–H groups in total. The Kier molecular flexibility index (Phi) is 22.2. The first kappa shape index (κ1) is 61.1. The van der Waals surface area contributed by atoms with Crippen LogP contribution in [0.4, 0.5) is 4.39 Å². The van der Waals surface area contributed by atoms with Crippen LogP contribution in [-0.4, -0.2) is 195 Å². The molecular weight excluding hydrogens is 946 g/mol. The fourth-order valence-corrected chi connectivity index (χ4v) is 11.2. The van der Waals surface area contributed by atoms with Crippen molar-refractivity contribution < 1.29 is 67.9 Å². The van der Waals surface area contributed by atoms with Crippen LogP contribution >= 0.6 is 0 Å². The molecule has 3 aliphatic rings. The van der Waals surface area contributed by atoms with Crippen LogP contribution in [0.3, 0.4) is 0 Å². The van der Waals surface area contributed by atoms with E-state index in [1.54, 1.807) is 54.8 Å². The highest BCUT2D eigenvalue weighted by molar-refractivity contribution is 5.73. The Hall–Kier alpha value is -2.76. The molecule has 3 fully saturated rings. The van der Waals surface area contributed by atoms with Crippen LogP contribution in [0, 0.1) is 11.8 Å². The van der Waals surface area contributed by atoms with Gasteiger partial charge in [0.25, 0.3) is 0 Å². The van der Waals surface area contributed by atoms with E-state index in [1.807, 2.05) is 49.9 Å². The Labute approximate surface area is 434 Å². The lowest BCUT2D eigenvalue weighted by molar-refractivity contribution is -0.308. The van der Waals surface area contributed by atoms with Gasteiger partial charge in [-0.2, -0.15) is 0 Å². The predicted molar refractivity (Wildman–Crippen MR) is 272 cm³/mol. The molecular formula is C54H92FN5O13. The molecule has 1 aromatic carbocycles. The Morgan fingerprint density at radius 2 is 1.63 bits per heavy atom. The molecule has 0 radical (unpaired) electrons. The van der Waals surface area contributed by atoms with Crippen molar-refractivity contribution in [3.8, 4) is 0 Å². The van der Waals surface area contributed by atoms with Crippen molar-refractivity contribution in [2.75, 3.05) is 48.1 Å². The summed E-state index contributed by atoms with van der Waals surface area (Å²) >= 11 is 0. The zero-order valence-corrected chi connectivity index (χ0v) is 46.2. The molecule has 73 heavy (non-hydrogen) atoms. The van der Waals surface area contributed by atoms with E-state index in [0.29, 0.717) is 31.6 Å². The standard InChI is InChI=1S/C54H92FN5O13/c1-15-17-18-37-19-21-38(22-20-37)47(67-13)41(29-55)60-31-39(56-57-60)23-24-58(11)40-25-33(4)69-51(46(40)61)73-44-26-42(71-45-28-53(9,68-14)49(63)36(7)70-45)34(5)50(64)72-43(16-2)54(10,66)48(62)35(6)59(12)30-32(3)27-52(44,8)65/h19-22,31-36,40-49,51,61-63,65-66H,15-18,23-30H2,1-14H3/t32-,33-,34-,35-,36+,40+,41-,42+,43-,44-,45+,46-,47-,48-,49+,51+,52-,53-,54-/m1/s1. The number of unbranched alkanes of at least 4 members (excludes halogenated alkanes) is 1. The molecule has 5 rings (SSSR count). The van der Waals surface area contributed by atoms with Crippen molar-refractivity contribution in [2.24, 2.45) is 11.8 Å². The van der Waals surface area contributed by atoms with Crippen LogP contribution in [0.5, 0.6) is 0 Å². The number of carbonyl (C=O) groups is 1. The smallest absolute Gasteiger partial charge is 0.311 e. The van der Waals surface area contributed by atoms with Gasteiger partial charge in [-0.05, 0) is 112 Å². The number of aryl methyl sites for hydroxylation is 1. The van der Waals surface area contributed by atoms with Gasteiger partial charge in [0.2, 0.25) is 0 Å². The summed E-state index contributed by atoms with van der Waals surface area (Å²) in [5.41, 5.74) is -1.83. The molecule has 0 aliphatic carbocycles. The van der Waals surface area contributed by atoms with Gasteiger partial charge in [-0.25, -0.2) is 9.07 Å². The highest BCUT2D eigenvalue weighted by Crippen LogP contribution is 2.39. The van der Waals surface area contributed by atoms with E-state index in [2.05, 4.69) is 29.4 Å². The third-order valence-electron chi connectivity index (χ3n) is 16.2. The number of hydrogen-bond donors (Lipinski definition) is 5. The second-order valence-electron chi connectivity index (χ2n) is 22.4. The van der Waals surface area contributed by atoms with Crippen molar-refractivity contribution in [1.29, 1.82) is 0 Å². The van der Waals surface area contributed by atoms with E-state index in [-0.39, 0.29) is 37.7 Å². The summed E-state index contributed by atoms with van der Waals surface area (Å²) in [5.74, 6) is -1.98. The number of cyclic esters (lactones) is 1. The van der Waals surface area contributed by atoms with E-state index in [1.165, 1.54) is 24.3 Å². The molecule has 418 valence electrons. The number of nitrogens with zero attached hydrogens (tertiary/aromatic N) is 5. The third-order valence-corrected chi connectivity index (χ3v) is 16.2. The fourth-order valence-electron chi connectivity index (χ4n) is 11.2. The van der Waals surface area contributed by atoms with Crippen molar-refractivity contribution in [2.45, 2.75) is 229 Å².